The summed E-state index contributed by atoms with van der Waals surface area (Å²) < 4.78 is 10.1. The van der Waals surface area contributed by atoms with Crippen molar-refractivity contribution in [2.24, 2.45) is 0 Å². The second-order valence-electron chi connectivity index (χ2n) is 3.91. The van der Waals surface area contributed by atoms with Gasteiger partial charge in [0.2, 0.25) is 5.91 Å². The Balaban J connectivity index is 2.60. The van der Waals surface area contributed by atoms with E-state index < -0.39 is 11.7 Å². The second kappa shape index (κ2) is 7.36. The maximum Gasteiger partial charge on any atom is 0.242 e. The van der Waals surface area contributed by atoms with Crippen LogP contribution >= 0.6 is 11.6 Å². The standard InChI is InChI=1S/C13H18ClNO3/c1-9(13(17-2)18-3)15-12(16)11(14)10-7-5-4-6-8-10/h4-9,11,13H,1-3H3,(H,15,16). The van der Waals surface area contributed by atoms with Gasteiger partial charge in [-0.05, 0) is 12.5 Å². The second-order valence-corrected chi connectivity index (χ2v) is 4.35. The van der Waals surface area contributed by atoms with E-state index in [0.717, 1.165) is 5.56 Å². The fourth-order valence-corrected chi connectivity index (χ4v) is 1.85. The molecule has 18 heavy (non-hydrogen) atoms. The van der Waals surface area contributed by atoms with Crippen LogP contribution < -0.4 is 5.32 Å². The molecule has 1 rings (SSSR count). The first-order chi connectivity index (χ1) is 8.60. The number of alkyl halides is 1. The molecule has 2 atom stereocenters. The van der Waals surface area contributed by atoms with Crippen LogP contribution in [-0.4, -0.2) is 32.5 Å². The number of rotatable bonds is 6. The summed E-state index contributed by atoms with van der Waals surface area (Å²) in [6.07, 6.45) is -0.492. The van der Waals surface area contributed by atoms with E-state index in [1.807, 2.05) is 30.3 Å². The molecular formula is C13H18ClNO3. The molecule has 0 bridgehead atoms. The van der Waals surface area contributed by atoms with Gasteiger partial charge in [-0.1, -0.05) is 30.3 Å². The van der Waals surface area contributed by atoms with Crippen molar-refractivity contribution in [1.29, 1.82) is 0 Å². The normalized spacial score (nSPS) is 14.3. The third-order valence-corrected chi connectivity index (χ3v) is 3.02. The van der Waals surface area contributed by atoms with Crippen LogP contribution in [0.1, 0.15) is 17.9 Å². The number of amides is 1. The lowest BCUT2D eigenvalue weighted by Gasteiger charge is -2.23. The number of methoxy groups -OCH3 is 2. The predicted octanol–water partition coefficient (Wildman–Crippen LogP) is 2.09. The van der Waals surface area contributed by atoms with Crippen LogP contribution in [0.2, 0.25) is 0 Å². The van der Waals surface area contributed by atoms with Crippen LogP contribution in [-0.2, 0) is 14.3 Å². The first-order valence-corrected chi connectivity index (χ1v) is 6.08. The zero-order valence-electron chi connectivity index (χ0n) is 10.7. The van der Waals surface area contributed by atoms with Gasteiger partial charge in [0, 0.05) is 14.2 Å². The molecule has 0 aliphatic carbocycles. The zero-order valence-corrected chi connectivity index (χ0v) is 11.5. The summed E-state index contributed by atoms with van der Waals surface area (Å²) in [6.45, 7) is 1.80. The van der Waals surface area contributed by atoms with Crippen molar-refractivity contribution in [2.75, 3.05) is 14.2 Å². The van der Waals surface area contributed by atoms with Gasteiger partial charge in [-0.2, -0.15) is 0 Å². The highest BCUT2D eigenvalue weighted by atomic mass is 35.5. The molecule has 0 heterocycles. The average Bonchev–Trinajstić information content (AvgIpc) is 2.40. The molecule has 1 amide bonds. The van der Waals surface area contributed by atoms with Crippen molar-refractivity contribution in [3.63, 3.8) is 0 Å². The molecule has 0 aromatic heterocycles. The van der Waals surface area contributed by atoms with Gasteiger partial charge in [-0.15, -0.1) is 11.6 Å². The van der Waals surface area contributed by atoms with E-state index in [9.17, 15) is 4.79 Å². The highest BCUT2D eigenvalue weighted by Crippen LogP contribution is 2.20. The average molecular weight is 272 g/mol. The molecule has 0 aliphatic rings. The summed E-state index contributed by atoms with van der Waals surface area (Å²) in [4.78, 5) is 11.9. The summed E-state index contributed by atoms with van der Waals surface area (Å²) in [7, 11) is 3.04. The number of hydrogen-bond donors (Lipinski definition) is 1. The quantitative estimate of drug-likeness (QED) is 0.637. The molecule has 0 saturated carbocycles. The first kappa shape index (κ1) is 15.0. The van der Waals surface area contributed by atoms with Gasteiger partial charge in [0.15, 0.2) is 6.29 Å². The SMILES string of the molecule is COC(OC)C(C)NC(=O)C(Cl)c1ccccc1. The van der Waals surface area contributed by atoms with Crippen molar-refractivity contribution in [2.45, 2.75) is 24.6 Å². The molecule has 5 heteroatoms. The molecule has 0 radical (unpaired) electrons. The molecule has 0 aliphatic heterocycles. The van der Waals surface area contributed by atoms with E-state index >= 15 is 0 Å². The smallest absolute Gasteiger partial charge is 0.242 e. The molecule has 1 aromatic carbocycles. The third-order valence-electron chi connectivity index (χ3n) is 2.57. The van der Waals surface area contributed by atoms with E-state index in [4.69, 9.17) is 21.1 Å². The Morgan fingerprint density at radius 3 is 2.28 bits per heavy atom. The monoisotopic (exact) mass is 271 g/mol. The Labute approximate surface area is 112 Å². The molecule has 0 spiro atoms. The van der Waals surface area contributed by atoms with Crippen LogP contribution in [0.25, 0.3) is 0 Å². The topological polar surface area (TPSA) is 47.6 Å². The molecule has 2 unspecified atom stereocenters. The minimum atomic E-state index is -0.719. The highest BCUT2D eigenvalue weighted by Gasteiger charge is 2.23. The molecule has 4 nitrogen and oxygen atoms in total. The Morgan fingerprint density at radius 2 is 1.78 bits per heavy atom. The van der Waals surface area contributed by atoms with Crippen LogP contribution in [0.15, 0.2) is 30.3 Å². The Morgan fingerprint density at radius 1 is 1.22 bits per heavy atom. The van der Waals surface area contributed by atoms with Gasteiger partial charge < -0.3 is 14.8 Å². The number of hydrogen-bond acceptors (Lipinski definition) is 3. The van der Waals surface area contributed by atoms with Gasteiger partial charge in [-0.3, -0.25) is 4.79 Å². The number of carbonyl (C=O) groups is 1. The van der Waals surface area contributed by atoms with Crippen molar-refractivity contribution < 1.29 is 14.3 Å². The van der Waals surface area contributed by atoms with Crippen LogP contribution in [0.5, 0.6) is 0 Å². The van der Waals surface area contributed by atoms with E-state index in [-0.39, 0.29) is 11.9 Å². The van der Waals surface area contributed by atoms with Crippen molar-refractivity contribution in [1.82, 2.24) is 5.32 Å². The molecular weight excluding hydrogens is 254 g/mol. The Kier molecular flexibility index (Phi) is 6.12. The number of halogens is 1. The summed E-state index contributed by atoms with van der Waals surface area (Å²) in [5.41, 5.74) is 0.759. The van der Waals surface area contributed by atoms with E-state index in [2.05, 4.69) is 5.32 Å². The van der Waals surface area contributed by atoms with E-state index in [1.165, 1.54) is 14.2 Å². The highest BCUT2D eigenvalue weighted by molar-refractivity contribution is 6.30. The lowest BCUT2D eigenvalue weighted by Crippen LogP contribution is -2.44. The number of nitrogens with one attached hydrogen (secondary N) is 1. The first-order valence-electron chi connectivity index (χ1n) is 5.65. The number of ether oxygens (including phenoxy) is 2. The van der Waals surface area contributed by atoms with Gasteiger partial charge in [0.05, 0.1) is 6.04 Å². The molecule has 0 fully saturated rings. The van der Waals surface area contributed by atoms with E-state index in [0.29, 0.717) is 0 Å². The number of carbonyl (C=O) groups excluding carboxylic acids is 1. The van der Waals surface area contributed by atoms with Gasteiger partial charge >= 0.3 is 0 Å². The van der Waals surface area contributed by atoms with Gasteiger partial charge in [-0.25, -0.2) is 0 Å². The maximum atomic E-state index is 11.9. The van der Waals surface area contributed by atoms with Gasteiger partial charge in [0.25, 0.3) is 0 Å². The largest absolute Gasteiger partial charge is 0.354 e. The van der Waals surface area contributed by atoms with Gasteiger partial charge in [0.1, 0.15) is 5.38 Å². The Bertz CT molecular complexity index is 368. The minimum absolute atomic E-state index is 0.269. The fraction of sp³-hybridized carbons (Fsp3) is 0.462. The summed E-state index contributed by atoms with van der Waals surface area (Å²) in [6, 6.07) is 8.90. The molecule has 100 valence electrons. The fourth-order valence-electron chi connectivity index (χ4n) is 1.64. The van der Waals surface area contributed by atoms with Crippen molar-refractivity contribution in [3.8, 4) is 0 Å². The summed E-state index contributed by atoms with van der Waals surface area (Å²) in [5, 5.41) is 2.04. The third kappa shape index (κ3) is 3.98. The summed E-state index contributed by atoms with van der Waals surface area (Å²) in [5.74, 6) is -0.269. The minimum Gasteiger partial charge on any atom is -0.354 e. The predicted molar refractivity (Wildman–Crippen MR) is 70.4 cm³/mol. The lowest BCUT2D eigenvalue weighted by molar-refractivity contribution is -0.135. The lowest BCUT2D eigenvalue weighted by atomic mass is 10.1. The van der Waals surface area contributed by atoms with Crippen LogP contribution in [0.4, 0.5) is 0 Å². The number of benzene rings is 1. The van der Waals surface area contributed by atoms with Crippen LogP contribution in [0, 0.1) is 0 Å². The van der Waals surface area contributed by atoms with Crippen molar-refractivity contribution in [3.05, 3.63) is 35.9 Å². The maximum absolute atomic E-state index is 11.9. The molecule has 1 aromatic rings. The Hall–Kier alpha value is -1.10. The summed E-state index contributed by atoms with van der Waals surface area (Å²) >= 11 is 6.10. The van der Waals surface area contributed by atoms with Crippen molar-refractivity contribution >= 4 is 17.5 Å². The van der Waals surface area contributed by atoms with Crippen LogP contribution in [0.3, 0.4) is 0 Å². The molecule has 1 N–H and O–H groups in total. The molecule has 0 saturated heterocycles. The zero-order chi connectivity index (χ0) is 13.5. The van der Waals surface area contributed by atoms with E-state index in [1.54, 1.807) is 6.92 Å².